The summed E-state index contributed by atoms with van der Waals surface area (Å²) >= 11 is 0. The molecule has 0 spiro atoms. The minimum Gasteiger partial charge on any atom is -0.444 e. The summed E-state index contributed by atoms with van der Waals surface area (Å²) < 4.78 is 5.15. The van der Waals surface area contributed by atoms with Crippen LogP contribution in [-0.4, -0.2) is 54.6 Å². The van der Waals surface area contributed by atoms with Gasteiger partial charge in [-0.2, -0.15) is 0 Å². The van der Waals surface area contributed by atoms with Crippen molar-refractivity contribution in [1.82, 2.24) is 15.5 Å². The van der Waals surface area contributed by atoms with Crippen molar-refractivity contribution in [2.24, 2.45) is 0 Å². The molecule has 2 aliphatic rings. The van der Waals surface area contributed by atoms with Crippen LogP contribution in [0.4, 0.5) is 4.79 Å². The maximum Gasteiger partial charge on any atom is 0.407 e. The minimum absolute atomic E-state index is 0.0488. The number of alkyl carbamates (subject to hydrolysis) is 1. The lowest BCUT2D eigenvalue weighted by molar-refractivity contribution is -0.133. The van der Waals surface area contributed by atoms with Crippen molar-refractivity contribution in [3.05, 3.63) is 76.4 Å². The summed E-state index contributed by atoms with van der Waals surface area (Å²) in [5.41, 5.74) is 6.88. The van der Waals surface area contributed by atoms with Gasteiger partial charge in [0.2, 0.25) is 11.8 Å². The number of hydrogen-bond donors (Lipinski definition) is 2. The Morgan fingerprint density at radius 3 is 2.00 bits per heavy atom. The highest BCUT2D eigenvalue weighted by Crippen LogP contribution is 2.38. The Labute approximate surface area is 218 Å². The summed E-state index contributed by atoms with van der Waals surface area (Å²) in [5.74, 6) is -0.385. The molecule has 0 atom stereocenters. The molecule has 37 heavy (non-hydrogen) atoms. The fraction of sp³-hybridized carbons (Fsp3) is 0.367. The van der Waals surface area contributed by atoms with Crippen LogP contribution in [0.1, 0.15) is 62.3 Å². The monoisotopic (exact) mass is 501 g/mol. The van der Waals surface area contributed by atoms with Gasteiger partial charge in [-0.3, -0.25) is 9.59 Å². The summed E-state index contributed by atoms with van der Waals surface area (Å²) in [4.78, 5) is 38.4. The van der Waals surface area contributed by atoms with E-state index >= 15 is 0 Å². The lowest BCUT2D eigenvalue weighted by Crippen LogP contribution is -2.43. The third-order valence-electron chi connectivity index (χ3n) is 6.43. The average molecular weight is 502 g/mol. The topological polar surface area (TPSA) is 87.7 Å². The summed E-state index contributed by atoms with van der Waals surface area (Å²) in [6.45, 7) is 6.65. The number of piperidine rings is 1. The number of nitrogens with zero attached hydrogens (tertiary/aromatic N) is 1. The van der Waals surface area contributed by atoms with Gasteiger partial charge >= 0.3 is 6.09 Å². The molecule has 1 fully saturated rings. The van der Waals surface area contributed by atoms with Gasteiger partial charge in [0.25, 0.3) is 0 Å². The van der Waals surface area contributed by atoms with E-state index in [1.54, 1.807) is 20.8 Å². The summed E-state index contributed by atoms with van der Waals surface area (Å²) in [6, 6.07) is 16.9. The van der Waals surface area contributed by atoms with Gasteiger partial charge < -0.3 is 20.3 Å². The number of carbonyl (C=O) groups is 3. The number of rotatable bonds is 5. The Hall–Kier alpha value is -3.87. The van der Waals surface area contributed by atoms with Gasteiger partial charge in [0.15, 0.2) is 0 Å². The molecule has 2 N–H and O–H groups in total. The largest absolute Gasteiger partial charge is 0.444 e. The van der Waals surface area contributed by atoms with Gasteiger partial charge in [-0.05, 0) is 61.4 Å². The summed E-state index contributed by atoms with van der Waals surface area (Å²) in [6.07, 6.45) is 5.44. The first-order chi connectivity index (χ1) is 17.7. The van der Waals surface area contributed by atoms with E-state index in [9.17, 15) is 14.4 Å². The van der Waals surface area contributed by atoms with Crippen LogP contribution < -0.4 is 10.6 Å². The molecule has 0 radical (unpaired) electrons. The van der Waals surface area contributed by atoms with E-state index in [-0.39, 0.29) is 31.3 Å². The lowest BCUT2D eigenvalue weighted by atomic mass is 9.86. The Morgan fingerprint density at radius 2 is 1.43 bits per heavy atom. The highest BCUT2D eigenvalue weighted by atomic mass is 16.6. The highest BCUT2D eigenvalue weighted by molar-refractivity contribution is 5.95. The second-order valence-corrected chi connectivity index (χ2v) is 10.3. The average Bonchev–Trinajstić information content (AvgIpc) is 3.03. The third kappa shape index (κ3) is 6.88. The normalized spacial score (nSPS) is 14.8. The standard InChI is InChI=1S/C30H35N3O4/c1-30(2,3)37-29(36)31-17-14-26(34)32-20-27(35)33-18-15-23(16-19-33)28-24-10-6-4-8-21(24)12-13-22-9-5-7-11-25(22)28/h4-13H,14-20H2,1-3H3,(H,31,36)(H,32,34). The second kappa shape index (κ2) is 11.5. The number of fused-ring (bicyclic) bond motifs is 2. The third-order valence-corrected chi connectivity index (χ3v) is 6.43. The predicted molar refractivity (Wildman–Crippen MR) is 146 cm³/mol. The molecular weight excluding hydrogens is 466 g/mol. The minimum atomic E-state index is -0.594. The number of hydrogen-bond acceptors (Lipinski definition) is 4. The van der Waals surface area contributed by atoms with Crippen molar-refractivity contribution in [3.63, 3.8) is 0 Å². The lowest BCUT2D eigenvalue weighted by Gasteiger charge is -2.30. The van der Waals surface area contributed by atoms with E-state index in [0.717, 1.165) is 12.8 Å². The number of benzene rings is 2. The number of amides is 3. The van der Waals surface area contributed by atoms with Crippen LogP contribution in [-0.2, 0) is 14.3 Å². The molecule has 3 amide bonds. The molecule has 0 unspecified atom stereocenters. The van der Waals surface area contributed by atoms with Gasteiger partial charge in [0.1, 0.15) is 5.60 Å². The first-order valence-electron chi connectivity index (χ1n) is 12.8. The number of likely N-dealkylation sites (tertiary alicyclic amines) is 1. The van der Waals surface area contributed by atoms with Gasteiger partial charge in [0, 0.05) is 26.1 Å². The van der Waals surface area contributed by atoms with Crippen molar-refractivity contribution in [1.29, 1.82) is 0 Å². The smallest absolute Gasteiger partial charge is 0.407 e. The van der Waals surface area contributed by atoms with Crippen LogP contribution >= 0.6 is 0 Å². The molecule has 1 saturated heterocycles. The van der Waals surface area contributed by atoms with Crippen LogP contribution in [0.15, 0.2) is 54.1 Å². The second-order valence-electron chi connectivity index (χ2n) is 10.3. The zero-order valence-corrected chi connectivity index (χ0v) is 21.8. The molecule has 7 nitrogen and oxygen atoms in total. The molecule has 2 aromatic rings. The maximum absolute atomic E-state index is 12.8. The quantitative estimate of drug-likeness (QED) is 0.534. The molecular formula is C30H35N3O4. The molecule has 0 bridgehead atoms. The molecule has 1 aliphatic heterocycles. The molecule has 194 valence electrons. The number of carbonyl (C=O) groups excluding carboxylic acids is 3. The fourth-order valence-corrected chi connectivity index (χ4v) is 4.69. The van der Waals surface area contributed by atoms with Crippen molar-refractivity contribution in [2.45, 2.75) is 45.6 Å². The van der Waals surface area contributed by atoms with Crippen LogP contribution in [0.25, 0.3) is 17.7 Å². The van der Waals surface area contributed by atoms with E-state index in [2.05, 4.69) is 71.3 Å². The van der Waals surface area contributed by atoms with Crippen LogP contribution in [0, 0.1) is 0 Å². The van der Waals surface area contributed by atoms with E-state index in [1.165, 1.54) is 33.4 Å². The molecule has 2 aromatic carbocycles. The highest BCUT2D eigenvalue weighted by Gasteiger charge is 2.24. The predicted octanol–water partition coefficient (Wildman–Crippen LogP) is 4.63. The molecule has 0 saturated carbocycles. The SMILES string of the molecule is CC(C)(C)OC(=O)NCCC(=O)NCC(=O)N1CCC(=C2c3ccccc3C=Cc3ccccc32)CC1. The Kier molecular flexibility index (Phi) is 8.11. The molecule has 1 heterocycles. The summed E-state index contributed by atoms with van der Waals surface area (Å²) in [7, 11) is 0. The van der Waals surface area contributed by atoms with Crippen LogP contribution in [0.3, 0.4) is 0 Å². The molecule has 0 aromatic heterocycles. The van der Waals surface area contributed by atoms with Crippen molar-refractivity contribution in [2.75, 3.05) is 26.2 Å². The van der Waals surface area contributed by atoms with E-state index in [0.29, 0.717) is 13.1 Å². The van der Waals surface area contributed by atoms with Gasteiger partial charge in [-0.15, -0.1) is 0 Å². The molecule has 1 aliphatic carbocycles. The van der Waals surface area contributed by atoms with Crippen molar-refractivity contribution >= 4 is 35.6 Å². The number of nitrogens with one attached hydrogen (secondary N) is 2. The molecule has 4 rings (SSSR count). The Morgan fingerprint density at radius 1 is 0.865 bits per heavy atom. The Bertz CT molecular complexity index is 1180. The first-order valence-corrected chi connectivity index (χ1v) is 12.8. The van der Waals surface area contributed by atoms with Gasteiger partial charge in [-0.1, -0.05) is 66.3 Å². The van der Waals surface area contributed by atoms with Crippen molar-refractivity contribution < 1.29 is 19.1 Å². The Balaban J connectivity index is 1.32. The fourth-order valence-electron chi connectivity index (χ4n) is 4.69. The number of ether oxygens (including phenoxy) is 1. The van der Waals surface area contributed by atoms with Crippen LogP contribution in [0.5, 0.6) is 0 Å². The van der Waals surface area contributed by atoms with E-state index in [4.69, 9.17) is 4.74 Å². The zero-order valence-electron chi connectivity index (χ0n) is 21.8. The van der Waals surface area contributed by atoms with Gasteiger partial charge in [-0.25, -0.2) is 4.79 Å². The maximum atomic E-state index is 12.8. The van der Waals surface area contributed by atoms with E-state index < -0.39 is 11.7 Å². The van der Waals surface area contributed by atoms with E-state index in [1.807, 2.05) is 4.90 Å². The molecule has 7 heteroatoms. The van der Waals surface area contributed by atoms with Crippen LogP contribution in [0.2, 0.25) is 0 Å². The zero-order chi connectivity index (χ0) is 26.4. The first kappa shape index (κ1) is 26.2. The van der Waals surface area contributed by atoms with Crippen molar-refractivity contribution in [3.8, 4) is 0 Å². The van der Waals surface area contributed by atoms with Gasteiger partial charge in [0.05, 0.1) is 6.54 Å². The summed E-state index contributed by atoms with van der Waals surface area (Å²) in [5, 5.41) is 5.22.